The third-order valence-electron chi connectivity index (χ3n) is 15.7. The Morgan fingerprint density at radius 2 is 1.01 bits per heavy atom. The lowest BCUT2D eigenvalue weighted by atomic mass is 9.82. The van der Waals surface area contributed by atoms with Gasteiger partial charge in [0.05, 0.1) is 24.4 Å². The average Bonchev–Trinajstić information content (AvgIpc) is 0.822. The van der Waals surface area contributed by atoms with Crippen molar-refractivity contribution in [2.45, 2.75) is 174 Å². The van der Waals surface area contributed by atoms with Crippen LogP contribution in [-0.4, -0.2) is 125 Å². The van der Waals surface area contributed by atoms with Crippen molar-refractivity contribution >= 4 is 23.4 Å². The summed E-state index contributed by atoms with van der Waals surface area (Å²) in [5, 5.41) is 61.1. The van der Waals surface area contributed by atoms with Crippen molar-refractivity contribution in [2.75, 3.05) is 27.9 Å². The van der Waals surface area contributed by atoms with Crippen LogP contribution in [-0.2, 0) is 88.1 Å². The van der Waals surface area contributed by atoms with E-state index in [1.54, 1.807) is 40.9 Å². The van der Waals surface area contributed by atoms with Crippen LogP contribution in [0.15, 0.2) is 36.0 Å². The van der Waals surface area contributed by atoms with Gasteiger partial charge in [-0.15, -0.1) is 6.58 Å². The number of aliphatic hydroxyl groups excluding tert-OH is 1. The number of nitrogens with one attached hydrogen (secondary N) is 1. The second-order valence-corrected chi connectivity index (χ2v) is 23.4. The summed E-state index contributed by atoms with van der Waals surface area (Å²) in [4.78, 5) is 65.1. The summed E-state index contributed by atoms with van der Waals surface area (Å²) < 4.78 is 29.9. The van der Waals surface area contributed by atoms with E-state index in [2.05, 4.69) is 313 Å². The van der Waals surface area contributed by atoms with Gasteiger partial charge in [0.15, 0.2) is 0 Å². The van der Waals surface area contributed by atoms with Crippen molar-refractivity contribution in [1.82, 2.24) is 10.5 Å². The van der Waals surface area contributed by atoms with Crippen LogP contribution in [0.4, 0.5) is 0 Å². The Labute approximate surface area is 701 Å². The number of ketones is 2. The number of rotatable bonds is 16. The van der Waals surface area contributed by atoms with Gasteiger partial charge in [0.25, 0.3) is 11.7 Å². The molecule has 0 unspecified atom stereocenters. The molecule has 0 aromatic heterocycles. The first-order valence-electron chi connectivity index (χ1n) is 34.0. The number of amides is 1. The maximum Gasteiger partial charge on any atom is 0.329 e. The molecule has 1 aliphatic carbocycles. The Morgan fingerprint density at radius 3 is 1.43 bits per heavy atom. The molecule has 1 amide bonds. The van der Waals surface area contributed by atoms with Gasteiger partial charge in [-0.1, -0.05) is 72.8 Å². The van der Waals surface area contributed by atoms with Crippen molar-refractivity contribution in [2.24, 2.45) is 29.6 Å². The summed E-state index contributed by atoms with van der Waals surface area (Å²) in [6.07, 6.45) is 8.43. The first-order chi connectivity index (χ1) is 54.4. The molecular formula is C88H140N2O22. The summed E-state index contributed by atoms with van der Waals surface area (Å²) in [5.74, 6) is 98.3. The van der Waals surface area contributed by atoms with Crippen LogP contribution in [0.25, 0.3) is 0 Å². The lowest BCUT2D eigenvalue weighted by molar-refractivity contribution is -0.781. The van der Waals surface area contributed by atoms with E-state index >= 15 is 0 Å². The number of piperidine rings is 1. The standard InChI is InChI=1S/C44H69NO11.C44H6.H3NO11.31H2/c1-10-14-32-20-26(2)19-27(3)21-37(53-8)40-38(54-9)23-29(5)44(51,56-40)41(48)42(49)45-18-12-11-17-34(45)43(50)55-39(30(6)35(46)25-36(32)47)28(4)22-31-15-13-16-33(24-31)52-7;1-3-5-7-9-11-13-15-17-19-21-23-25-27-29-31-33-35-37-39-41-43-44-42-40-38-36-34-32-30-28-26-24-22-20-18-16-14-12-10-8-6-4-2;2-6-10-8-4-1-5-9-12-11-7-3;;;;;;;;;;;;;;;;;;;;;;;;;;;;;;;/h10,20,22,27,29-35,37-40,46,51H,1,11-19,21,23-25H2,2-9H3;1-2H3;1-3H;31*1H/b26-20+,28-22+;;;;;;;;;;;;;;;;;;;;;;;;;;;;;;;;;/t27-,29+,30+,31-,32+,33-,34-,35-,37-,38-,39+,40+,44+;;;;;;;;;;;;;;;;;;;;;;;;;;;;;;;;;/m0................................./s1. The molecule has 4 rings (SSSR count). The van der Waals surface area contributed by atoms with Crippen LogP contribution in [0.2, 0.25) is 0 Å². The molecule has 24 nitrogen and oxygen atoms in total. The second kappa shape index (κ2) is 61.4. The number of ether oxygens (including phenoxy) is 5. The number of cyclic esters (lactones) is 1. The molecule has 0 aromatic rings. The molecule has 24 heteroatoms. The molecule has 3 fully saturated rings. The second-order valence-electron chi connectivity index (χ2n) is 23.4. The van der Waals surface area contributed by atoms with E-state index in [0.29, 0.717) is 32.1 Å². The molecule has 5 N–H and O–H groups in total. The van der Waals surface area contributed by atoms with Crippen LogP contribution >= 0.6 is 0 Å². The van der Waals surface area contributed by atoms with Crippen LogP contribution < -0.4 is 5.64 Å². The number of allylic oxidation sites excluding steroid dienone is 4. The fraction of sp³-hybridized carbons (Fsp3) is 0.409. The highest BCUT2D eigenvalue weighted by Gasteiger charge is 2.56. The average molecular weight is 1580 g/mol. The maximum absolute atomic E-state index is 14.3. The van der Waals surface area contributed by atoms with E-state index in [-0.39, 0.29) is 93.8 Å². The molecule has 1 saturated carbocycles. The van der Waals surface area contributed by atoms with Gasteiger partial charge in [-0.3, -0.25) is 14.4 Å². The quantitative estimate of drug-likeness (QED) is 0.0182. The van der Waals surface area contributed by atoms with Gasteiger partial charge in [-0.25, -0.2) is 15.3 Å². The van der Waals surface area contributed by atoms with Crippen molar-refractivity contribution in [3.8, 4) is 249 Å². The van der Waals surface area contributed by atoms with Gasteiger partial charge in [0, 0.05) is 238 Å². The predicted molar refractivity (Wildman–Crippen MR) is 470 cm³/mol. The Hall–Kier alpha value is -12.5. The predicted octanol–water partition coefficient (Wildman–Crippen LogP) is 13.3. The summed E-state index contributed by atoms with van der Waals surface area (Å²) in [6, 6.07) is -1.11. The maximum atomic E-state index is 14.3. The molecule has 4 aliphatic rings. The van der Waals surface area contributed by atoms with Gasteiger partial charge in [0.1, 0.15) is 24.0 Å². The van der Waals surface area contributed by atoms with Gasteiger partial charge in [0.2, 0.25) is 5.79 Å². The summed E-state index contributed by atoms with van der Waals surface area (Å²) >= 11 is 0. The minimum absolute atomic E-state index is 0. The van der Waals surface area contributed by atoms with E-state index in [0.717, 1.165) is 36.8 Å². The Morgan fingerprint density at radius 1 is 0.580 bits per heavy atom. The SMILES string of the molecule is C=CC[C@@H]1/C=C(\C)C[C@H](C)C[C@H](OC)[C@H]2O[C@@](O)(C(=O)C(=O)N3CCCC[C@H]3C(=O)O[C@H](/C(C)=C/[C@@H]3CCC[C@H](OC)C3)[C@H](C)[C@@H](O)CC1=O)[C@H](C)C[C@@H]2OC.CC#CC#CC#CC#CC#CC#CC#CC#CC#CC#CC#CC#CC#CC#CC#CC#CC#CC#CC#CC#CC#CC.OOOOONOOOOOO.[HH].[HH].[HH].[HH].[HH].[HH].[HH].[HH].[HH].[HH].[HH].[HH].[HH].[HH].[HH].[HH].[HH].[HH].[HH].[HH].[HH].[HH].[HH].[HH].[HH].[HH].[HH].[HH].[HH].[HH].[HH]. The van der Waals surface area contributed by atoms with E-state index in [9.17, 15) is 29.4 Å². The van der Waals surface area contributed by atoms with Crippen LogP contribution in [0.1, 0.15) is 170 Å². The van der Waals surface area contributed by atoms with Crippen LogP contribution in [0.5, 0.6) is 0 Å². The first kappa shape index (κ1) is 95.6. The fourth-order valence-electron chi connectivity index (χ4n) is 10.8. The monoisotopic (exact) mass is 1580 g/mol. The van der Waals surface area contributed by atoms with Crippen molar-refractivity contribution in [3.63, 3.8) is 0 Å². The van der Waals surface area contributed by atoms with Crippen LogP contribution in [0, 0.1) is 278 Å². The molecule has 112 heavy (non-hydrogen) atoms. The number of fused-ring (bicyclic) bond motifs is 3. The molecule has 0 spiro atoms. The third kappa shape index (κ3) is 41.2. The van der Waals surface area contributed by atoms with Gasteiger partial charge in [-0.05, 0) is 245 Å². The Bertz CT molecular complexity index is 4710. The summed E-state index contributed by atoms with van der Waals surface area (Å²) in [5.41, 5.74) is 3.09. The van der Waals surface area contributed by atoms with Crippen molar-refractivity contribution in [3.05, 3.63) is 36.0 Å². The van der Waals surface area contributed by atoms with E-state index in [1.165, 1.54) is 24.8 Å². The Balaban J connectivity index is -0.0000000483. The number of carbonyl (C=O) groups is 4. The normalized spacial score (nSPS) is 22.8. The van der Waals surface area contributed by atoms with Gasteiger partial charge in [-0.2, -0.15) is 0 Å². The molecule has 2 bridgehead atoms. The van der Waals surface area contributed by atoms with E-state index < -0.39 is 77.8 Å². The van der Waals surface area contributed by atoms with Crippen molar-refractivity contribution < 1.29 is 153 Å². The number of esters is 1. The number of nitrogens with zero attached hydrogens (tertiary/aromatic N) is 1. The third-order valence-corrected chi connectivity index (χ3v) is 15.7. The number of hydrogen-bond donors (Lipinski definition) is 5. The first-order valence-corrected chi connectivity index (χ1v) is 34.0. The largest absolute Gasteiger partial charge is 0.456 e. The molecule has 0 radical (unpaired) electrons. The summed E-state index contributed by atoms with van der Waals surface area (Å²) in [7, 11) is 4.78. The smallest absolute Gasteiger partial charge is 0.329 e. The molecule has 13 atom stereocenters. The molecule has 3 aliphatic heterocycles. The highest BCUT2D eigenvalue weighted by atomic mass is 17.8. The number of hydrogen-bond acceptors (Lipinski definition) is 23. The van der Waals surface area contributed by atoms with Crippen LogP contribution in [0.3, 0.4) is 0 Å². The zero-order chi connectivity index (χ0) is 82.1. The zero-order valence-electron chi connectivity index (χ0n) is 63.1. The zero-order valence-corrected chi connectivity index (χ0v) is 63.1. The Kier molecular flexibility index (Phi) is 52.4. The minimum atomic E-state index is -2.49. The lowest BCUT2D eigenvalue weighted by Crippen LogP contribution is -2.64. The fourth-order valence-corrected chi connectivity index (χ4v) is 10.8. The number of aliphatic hydroxyl groups is 2. The van der Waals surface area contributed by atoms with Crippen molar-refractivity contribution in [1.29, 1.82) is 0 Å². The highest BCUT2D eigenvalue weighted by molar-refractivity contribution is 6.39. The molecular weight excluding hydrogens is 1440 g/mol. The number of methoxy groups -OCH3 is 3. The van der Waals surface area contributed by atoms with E-state index in [1.807, 2.05) is 19.9 Å². The molecule has 0 aromatic carbocycles. The summed E-state index contributed by atoms with van der Waals surface area (Å²) in [6.45, 7) is 16.7. The molecule has 3 heterocycles. The highest BCUT2D eigenvalue weighted by Crippen LogP contribution is 2.39. The minimum Gasteiger partial charge on any atom is -0.456 e. The van der Waals surface area contributed by atoms with Gasteiger partial charge >= 0.3 is 5.97 Å². The molecule has 634 valence electrons. The molecule has 2 saturated heterocycles. The topological polar surface area (TPSA) is 294 Å². The lowest BCUT2D eigenvalue weighted by Gasteiger charge is -2.47. The number of carbonyl (C=O) groups excluding carboxylic acids is 4. The number of Topliss-reactive ketones (excluding diaryl/α,β-unsaturated/α-hetero) is 2. The van der Waals surface area contributed by atoms with Gasteiger partial charge < -0.3 is 38.8 Å². The van der Waals surface area contributed by atoms with E-state index in [4.69, 9.17) is 34.2 Å².